The molecule has 0 aliphatic heterocycles. The van der Waals surface area contributed by atoms with Gasteiger partial charge >= 0.3 is 0 Å². The quantitative estimate of drug-likeness (QED) is 0.868. The van der Waals surface area contributed by atoms with Gasteiger partial charge in [-0.2, -0.15) is 0 Å². The number of hydrogen-bond donors (Lipinski definition) is 1. The molecule has 1 fully saturated rings. The first-order valence-corrected chi connectivity index (χ1v) is 7.71. The minimum Gasteiger partial charge on any atom is -0.481 e. The number of aromatic nitrogens is 1. The number of ether oxygens (including phenoxy) is 1. The molecule has 2 N–H and O–H groups in total. The van der Waals surface area contributed by atoms with Crippen molar-refractivity contribution < 1.29 is 4.74 Å². The lowest BCUT2D eigenvalue weighted by atomic mass is 9.90. The van der Waals surface area contributed by atoms with E-state index in [2.05, 4.69) is 22.9 Å². The molecule has 1 heterocycles. The molecule has 0 saturated heterocycles. The van der Waals surface area contributed by atoms with Crippen LogP contribution in [0.1, 0.15) is 44.6 Å². The van der Waals surface area contributed by atoms with E-state index in [9.17, 15) is 0 Å². The fourth-order valence-electron chi connectivity index (χ4n) is 3.00. The monoisotopic (exact) mass is 277 g/mol. The molecule has 4 heteroatoms. The van der Waals surface area contributed by atoms with Crippen molar-refractivity contribution in [3.8, 4) is 5.88 Å². The summed E-state index contributed by atoms with van der Waals surface area (Å²) in [7, 11) is 1.65. The van der Waals surface area contributed by atoms with Crippen LogP contribution in [0.2, 0.25) is 0 Å². The van der Waals surface area contributed by atoms with Crippen LogP contribution in [-0.4, -0.2) is 35.6 Å². The highest BCUT2D eigenvalue weighted by Crippen LogP contribution is 2.24. The predicted octanol–water partition coefficient (Wildman–Crippen LogP) is 2.57. The third-order valence-electron chi connectivity index (χ3n) is 4.16. The molecule has 2 rings (SSSR count). The molecule has 1 aliphatic rings. The normalized spacial score (nSPS) is 23.0. The minimum absolute atomic E-state index is 0.414. The van der Waals surface area contributed by atoms with Crippen molar-refractivity contribution >= 4 is 0 Å². The number of rotatable bonds is 6. The summed E-state index contributed by atoms with van der Waals surface area (Å²) in [6.07, 6.45) is 7.88. The van der Waals surface area contributed by atoms with E-state index in [4.69, 9.17) is 10.5 Å². The highest BCUT2D eigenvalue weighted by atomic mass is 16.5. The molecule has 0 unspecified atom stereocenters. The van der Waals surface area contributed by atoms with Gasteiger partial charge in [-0.1, -0.05) is 13.0 Å². The Hall–Kier alpha value is -1.13. The van der Waals surface area contributed by atoms with E-state index >= 15 is 0 Å². The summed E-state index contributed by atoms with van der Waals surface area (Å²) in [6, 6.07) is 5.15. The molecule has 1 aliphatic carbocycles. The maximum atomic E-state index is 6.01. The van der Waals surface area contributed by atoms with Crippen LogP contribution in [0.4, 0.5) is 0 Å². The van der Waals surface area contributed by atoms with Crippen molar-refractivity contribution in [3.63, 3.8) is 0 Å². The first-order valence-electron chi connectivity index (χ1n) is 7.71. The van der Waals surface area contributed by atoms with Crippen LogP contribution < -0.4 is 10.5 Å². The van der Waals surface area contributed by atoms with E-state index in [1.807, 2.05) is 12.3 Å². The molecule has 1 aromatic rings. The topological polar surface area (TPSA) is 51.4 Å². The molecule has 0 radical (unpaired) electrons. The number of pyridine rings is 1. The molecule has 0 aromatic carbocycles. The minimum atomic E-state index is 0.414. The van der Waals surface area contributed by atoms with Gasteiger partial charge in [0, 0.05) is 30.9 Å². The molecule has 0 spiro atoms. The van der Waals surface area contributed by atoms with E-state index in [-0.39, 0.29) is 0 Å². The van der Waals surface area contributed by atoms with E-state index in [1.165, 1.54) is 24.8 Å². The van der Waals surface area contributed by atoms with Crippen LogP contribution in [0, 0.1) is 0 Å². The Bertz CT molecular complexity index is 385. The van der Waals surface area contributed by atoms with Crippen LogP contribution in [0.25, 0.3) is 0 Å². The van der Waals surface area contributed by atoms with Crippen molar-refractivity contribution in [2.45, 2.75) is 57.7 Å². The van der Waals surface area contributed by atoms with Crippen molar-refractivity contribution in [2.24, 2.45) is 5.73 Å². The zero-order valence-corrected chi connectivity index (χ0v) is 12.7. The standard InChI is InChI=1S/C16H27N3O/c1-3-10-19(15-7-5-14(17)6-8-15)12-13-4-9-16(20-2)18-11-13/h4,9,11,14-15H,3,5-8,10,12,17H2,1-2H3. The summed E-state index contributed by atoms with van der Waals surface area (Å²) in [5, 5.41) is 0. The van der Waals surface area contributed by atoms with Gasteiger partial charge in [-0.15, -0.1) is 0 Å². The molecular formula is C16H27N3O. The average molecular weight is 277 g/mol. The first-order chi connectivity index (χ1) is 9.72. The Kier molecular flexibility index (Phi) is 5.80. The SMILES string of the molecule is CCCN(Cc1ccc(OC)nc1)C1CCC(N)CC1. The highest BCUT2D eigenvalue weighted by Gasteiger charge is 2.23. The van der Waals surface area contributed by atoms with Gasteiger partial charge in [-0.25, -0.2) is 4.98 Å². The van der Waals surface area contributed by atoms with Gasteiger partial charge in [0.1, 0.15) is 0 Å². The lowest BCUT2D eigenvalue weighted by Gasteiger charge is -2.36. The molecule has 1 aromatic heterocycles. The molecule has 0 atom stereocenters. The van der Waals surface area contributed by atoms with Crippen LogP contribution in [-0.2, 0) is 6.54 Å². The Balaban J connectivity index is 1.97. The lowest BCUT2D eigenvalue weighted by molar-refractivity contribution is 0.142. The number of hydrogen-bond acceptors (Lipinski definition) is 4. The number of nitrogens with two attached hydrogens (primary N) is 1. The van der Waals surface area contributed by atoms with Crippen molar-refractivity contribution in [1.29, 1.82) is 0 Å². The van der Waals surface area contributed by atoms with Gasteiger partial charge < -0.3 is 10.5 Å². The van der Waals surface area contributed by atoms with Crippen LogP contribution in [0.3, 0.4) is 0 Å². The third-order valence-corrected chi connectivity index (χ3v) is 4.16. The summed E-state index contributed by atoms with van der Waals surface area (Å²) in [4.78, 5) is 6.89. The van der Waals surface area contributed by atoms with Gasteiger partial charge in [0.2, 0.25) is 5.88 Å². The Labute approximate surface area is 122 Å². The van der Waals surface area contributed by atoms with Crippen molar-refractivity contribution in [1.82, 2.24) is 9.88 Å². The van der Waals surface area contributed by atoms with Gasteiger partial charge in [0.25, 0.3) is 0 Å². The highest BCUT2D eigenvalue weighted by molar-refractivity contribution is 5.17. The largest absolute Gasteiger partial charge is 0.481 e. The van der Waals surface area contributed by atoms with Crippen molar-refractivity contribution in [2.75, 3.05) is 13.7 Å². The smallest absolute Gasteiger partial charge is 0.212 e. The second kappa shape index (κ2) is 7.60. The van der Waals surface area contributed by atoms with Crippen LogP contribution >= 0.6 is 0 Å². The maximum Gasteiger partial charge on any atom is 0.212 e. The second-order valence-corrected chi connectivity index (χ2v) is 5.75. The average Bonchev–Trinajstić information content (AvgIpc) is 2.48. The molecule has 4 nitrogen and oxygen atoms in total. The van der Waals surface area contributed by atoms with Gasteiger partial charge in [-0.05, 0) is 44.2 Å². The Morgan fingerprint density at radius 1 is 1.30 bits per heavy atom. The van der Waals surface area contributed by atoms with E-state index in [1.54, 1.807) is 7.11 Å². The van der Waals surface area contributed by atoms with E-state index in [0.29, 0.717) is 18.0 Å². The van der Waals surface area contributed by atoms with Crippen molar-refractivity contribution in [3.05, 3.63) is 23.9 Å². The molecule has 112 valence electrons. The Morgan fingerprint density at radius 3 is 2.60 bits per heavy atom. The summed E-state index contributed by atoms with van der Waals surface area (Å²) in [6.45, 7) is 4.37. The zero-order chi connectivity index (χ0) is 14.4. The summed E-state index contributed by atoms with van der Waals surface area (Å²) < 4.78 is 5.11. The second-order valence-electron chi connectivity index (χ2n) is 5.75. The van der Waals surface area contributed by atoms with Gasteiger partial charge in [-0.3, -0.25) is 4.90 Å². The zero-order valence-electron chi connectivity index (χ0n) is 12.7. The fraction of sp³-hybridized carbons (Fsp3) is 0.688. The predicted molar refractivity (Wildman–Crippen MR) is 81.7 cm³/mol. The fourth-order valence-corrected chi connectivity index (χ4v) is 3.00. The van der Waals surface area contributed by atoms with Crippen LogP contribution in [0.15, 0.2) is 18.3 Å². The molecule has 1 saturated carbocycles. The molecule has 0 bridgehead atoms. The van der Waals surface area contributed by atoms with Gasteiger partial charge in [0.15, 0.2) is 0 Å². The number of methoxy groups -OCH3 is 1. The third kappa shape index (κ3) is 4.18. The van der Waals surface area contributed by atoms with Gasteiger partial charge in [0.05, 0.1) is 7.11 Å². The maximum absolute atomic E-state index is 6.01. The first kappa shape index (κ1) is 15.3. The lowest BCUT2D eigenvalue weighted by Crippen LogP contribution is -2.40. The molecule has 0 amide bonds. The molecular weight excluding hydrogens is 250 g/mol. The van der Waals surface area contributed by atoms with E-state index < -0.39 is 0 Å². The molecule has 20 heavy (non-hydrogen) atoms. The number of nitrogens with zero attached hydrogens (tertiary/aromatic N) is 2. The summed E-state index contributed by atoms with van der Waals surface area (Å²) in [5.41, 5.74) is 7.27. The van der Waals surface area contributed by atoms with Crippen LogP contribution in [0.5, 0.6) is 5.88 Å². The summed E-state index contributed by atoms with van der Waals surface area (Å²) >= 11 is 0. The van der Waals surface area contributed by atoms with E-state index in [0.717, 1.165) is 25.9 Å². The summed E-state index contributed by atoms with van der Waals surface area (Å²) in [5.74, 6) is 0.680. The Morgan fingerprint density at radius 2 is 2.05 bits per heavy atom.